The molecule has 0 bridgehead atoms. The lowest BCUT2D eigenvalue weighted by Crippen LogP contribution is -1.91. The average Bonchev–Trinajstić information content (AvgIpc) is 1.89. The summed E-state index contributed by atoms with van der Waals surface area (Å²) in [5.74, 6) is 0.101. The van der Waals surface area contributed by atoms with Gasteiger partial charge in [0.1, 0.15) is 6.29 Å². The first-order valence-corrected chi connectivity index (χ1v) is 3.40. The average molecular weight is 140 g/mol. The van der Waals surface area contributed by atoms with Crippen molar-refractivity contribution in [2.75, 3.05) is 0 Å². The minimum atomic E-state index is 0.101. The Morgan fingerprint density at radius 3 is 2.70 bits per heavy atom. The van der Waals surface area contributed by atoms with E-state index in [0.29, 0.717) is 19.3 Å². The maximum Gasteiger partial charge on any atom is 0.155 e. The molecule has 0 atom stereocenters. The van der Waals surface area contributed by atoms with Gasteiger partial charge < -0.3 is 4.79 Å². The topological polar surface area (TPSA) is 34.1 Å². The molecule has 0 unspecified atom stereocenters. The second-order valence-electron chi connectivity index (χ2n) is 2.03. The molecule has 10 heavy (non-hydrogen) atoms. The zero-order chi connectivity index (χ0) is 7.82. The first-order valence-electron chi connectivity index (χ1n) is 3.40. The fraction of sp³-hybridized carbons (Fsp3) is 0.500. The summed E-state index contributed by atoms with van der Waals surface area (Å²) in [6.45, 7) is 1.80. The van der Waals surface area contributed by atoms with Crippen molar-refractivity contribution in [2.24, 2.45) is 0 Å². The third-order valence-corrected chi connectivity index (χ3v) is 1.10. The quantitative estimate of drug-likeness (QED) is 0.329. The lowest BCUT2D eigenvalue weighted by atomic mass is 10.2. The highest BCUT2D eigenvalue weighted by Gasteiger charge is 1.93. The second-order valence-corrected chi connectivity index (χ2v) is 2.03. The Labute approximate surface area is 60.9 Å². The van der Waals surface area contributed by atoms with E-state index in [-0.39, 0.29) is 5.78 Å². The Bertz CT molecular complexity index is 136. The predicted octanol–water partition coefficient (Wildman–Crippen LogP) is 1.50. The van der Waals surface area contributed by atoms with Crippen LogP contribution >= 0.6 is 0 Å². The normalized spacial score (nSPS) is 10.1. The van der Waals surface area contributed by atoms with Gasteiger partial charge in [0.2, 0.25) is 0 Å². The highest BCUT2D eigenvalue weighted by molar-refractivity contribution is 5.89. The summed E-state index contributed by atoms with van der Waals surface area (Å²) in [5.41, 5.74) is 0. The Balaban J connectivity index is 3.30. The number of rotatable bonds is 5. The van der Waals surface area contributed by atoms with E-state index in [4.69, 9.17) is 0 Å². The van der Waals surface area contributed by atoms with Crippen molar-refractivity contribution in [1.82, 2.24) is 0 Å². The van der Waals surface area contributed by atoms with E-state index < -0.39 is 0 Å². The largest absolute Gasteiger partial charge is 0.303 e. The molecule has 2 heteroatoms. The maximum absolute atomic E-state index is 10.7. The molecule has 56 valence electrons. The van der Waals surface area contributed by atoms with E-state index in [0.717, 1.165) is 6.29 Å². The van der Waals surface area contributed by atoms with E-state index in [2.05, 4.69) is 0 Å². The summed E-state index contributed by atoms with van der Waals surface area (Å²) in [4.78, 5) is 20.5. The van der Waals surface area contributed by atoms with Gasteiger partial charge in [-0.2, -0.15) is 0 Å². The van der Waals surface area contributed by atoms with E-state index >= 15 is 0 Å². The SMILES string of the molecule is CC=CC(=O)CCCC=O. The number of carbonyl (C=O) groups is 2. The Morgan fingerprint density at radius 1 is 1.50 bits per heavy atom. The van der Waals surface area contributed by atoms with Gasteiger partial charge in [-0.1, -0.05) is 6.08 Å². The number of aldehydes is 1. The van der Waals surface area contributed by atoms with Crippen LogP contribution in [0.3, 0.4) is 0 Å². The van der Waals surface area contributed by atoms with Crippen LogP contribution < -0.4 is 0 Å². The van der Waals surface area contributed by atoms with Crippen molar-refractivity contribution >= 4 is 12.1 Å². The molecule has 0 aromatic carbocycles. The highest BCUT2D eigenvalue weighted by atomic mass is 16.1. The molecule has 0 fully saturated rings. The Morgan fingerprint density at radius 2 is 2.20 bits per heavy atom. The van der Waals surface area contributed by atoms with Gasteiger partial charge >= 0.3 is 0 Å². The van der Waals surface area contributed by atoms with Crippen LogP contribution in [0.25, 0.3) is 0 Å². The summed E-state index contributed by atoms with van der Waals surface area (Å²) in [6.07, 6.45) is 5.73. The molecular formula is C8H12O2. The molecular weight excluding hydrogens is 128 g/mol. The van der Waals surface area contributed by atoms with E-state index in [1.54, 1.807) is 13.0 Å². The third-order valence-electron chi connectivity index (χ3n) is 1.10. The van der Waals surface area contributed by atoms with Gasteiger partial charge in [-0.25, -0.2) is 0 Å². The first-order chi connectivity index (χ1) is 4.81. The van der Waals surface area contributed by atoms with Crippen LogP contribution in [0.1, 0.15) is 26.2 Å². The fourth-order valence-electron chi connectivity index (χ4n) is 0.629. The lowest BCUT2D eigenvalue weighted by molar-refractivity contribution is -0.114. The molecule has 0 rings (SSSR count). The van der Waals surface area contributed by atoms with Gasteiger partial charge in [-0.15, -0.1) is 0 Å². The standard InChI is InChI=1S/C8H12O2/c1-2-5-8(10)6-3-4-7-9/h2,5,7H,3-4,6H2,1H3. The first kappa shape index (κ1) is 9.08. The van der Waals surface area contributed by atoms with Gasteiger partial charge in [0.15, 0.2) is 5.78 Å². The van der Waals surface area contributed by atoms with Crippen LogP contribution in [-0.2, 0) is 9.59 Å². The van der Waals surface area contributed by atoms with Crippen molar-refractivity contribution in [1.29, 1.82) is 0 Å². The number of hydrogen-bond donors (Lipinski definition) is 0. The van der Waals surface area contributed by atoms with Crippen molar-refractivity contribution < 1.29 is 9.59 Å². The molecule has 0 aliphatic carbocycles. The van der Waals surface area contributed by atoms with Crippen LogP contribution in [0.15, 0.2) is 12.2 Å². The molecule has 0 aromatic heterocycles. The fourth-order valence-corrected chi connectivity index (χ4v) is 0.629. The van der Waals surface area contributed by atoms with E-state index in [1.165, 1.54) is 6.08 Å². The van der Waals surface area contributed by atoms with Crippen molar-refractivity contribution in [3.8, 4) is 0 Å². The Hall–Kier alpha value is -0.920. The van der Waals surface area contributed by atoms with Crippen LogP contribution in [0.5, 0.6) is 0 Å². The zero-order valence-corrected chi connectivity index (χ0v) is 6.17. The van der Waals surface area contributed by atoms with Crippen molar-refractivity contribution in [3.05, 3.63) is 12.2 Å². The molecule has 2 nitrogen and oxygen atoms in total. The van der Waals surface area contributed by atoms with Gasteiger partial charge in [-0.05, 0) is 19.4 Å². The van der Waals surface area contributed by atoms with Gasteiger partial charge in [0.05, 0.1) is 0 Å². The summed E-state index contributed by atoms with van der Waals surface area (Å²) in [6, 6.07) is 0. The van der Waals surface area contributed by atoms with Crippen LogP contribution in [0.2, 0.25) is 0 Å². The number of unbranched alkanes of at least 4 members (excludes halogenated alkanes) is 1. The lowest BCUT2D eigenvalue weighted by Gasteiger charge is -1.88. The molecule has 0 aliphatic heterocycles. The molecule has 0 aromatic rings. The maximum atomic E-state index is 10.7. The second kappa shape index (κ2) is 6.20. The highest BCUT2D eigenvalue weighted by Crippen LogP contribution is 1.94. The van der Waals surface area contributed by atoms with E-state index in [9.17, 15) is 9.59 Å². The molecule has 0 saturated heterocycles. The molecule has 0 radical (unpaired) electrons. The molecule has 0 N–H and O–H groups in total. The van der Waals surface area contributed by atoms with Crippen molar-refractivity contribution in [3.63, 3.8) is 0 Å². The predicted molar refractivity (Wildman–Crippen MR) is 39.7 cm³/mol. The number of hydrogen-bond acceptors (Lipinski definition) is 2. The smallest absolute Gasteiger partial charge is 0.155 e. The Kier molecular flexibility index (Phi) is 5.63. The van der Waals surface area contributed by atoms with Crippen LogP contribution in [0, 0.1) is 0 Å². The molecule has 0 saturated carbocycles. The molecule has 0 heterocycles. The van der Waals surface area contributed by atoms with Gasteiger partial charge in [0.25, 0.3) is 0 Å². The summed E-state index contributed by atoms with van der Waals surface area (Å²) >= 11 is 0. The molecule has 0 spiro atoms. The summed E-state index contributed by atoms with van der Waals surface area (Å²) < 4.78 is 0. The number of carbonyl (C=O) groups excluding carboxylic acids is 2. The van der Waals surface area contributed by atoms with Crippen LogP contribution in [-0.4, -0.2) is 12.1 Å². The summed E-state index contributed by atoms with van der Waals surface area (Å²) in [5, 5.41) is 0. The molecule has 0 amide bonds. The van der Waals surface area contributed by atoms with Gasteiger partial charge in [0, 0.05) is 12.8 Å². The number of ketones is 1. The van der Waals surface area contributed by atoms with E-state index in [1.807, 2.05) is 0 Å². The van der Waals surface area contributed by atoms with Crippen LogP contribution in [0.4, 0.5) is 0 Å². The monoisotopic (exact) mass is 140 g/mol. The zero-order valence-electron chi connectivity index (χ0n) is 6.17. The number of allylic oxidation sites excluding steroid dienone is 2. The summed E-state index contributed by atoms with van der Waals surface area (Å²) in [7, 11) is 0. The third kappa shape index (κ3) is 5.22. The van der Waals surface area contributed by atoms with Gasteiger partial charge in [-0.3, -0.25) is 4.79 Å². The van der Waals surface area contributed by atoms with Crippen molar-refractivity contribution in [2.45, 2.75) is 26.2 Å². The minimum Gasteiger partial charge on any atom is -0.303 e. The molecule has 0 aliphatic rings. The minimum absolute atomic E-state index is 0.101.